The largest absolute Gasteiger partial charge is 0.268 e. The van der Waals surface area contributed by atoms with Gasteiger partial charge in [-0.1, -0.05) is 43.0 Å². The van der Waals surface area contributed by atoms with Gasteiger partial charge in [0, 0.05) is 29.9 Å². The minimum Gasteiger partial charge on any atom is -0.268 e. The molecule has 0 saturated carbocycles. The molecule has 0 aliphatic carbocycles. The number of rotatable bonds is 2. The first-order chi connectivity index (χ1) is 13.7. The zero-order valence-electron chi connectivity index (χ0n) is 15.8. The van der Waals surface area contributed by atoms with Gasteiger partial charge >= 0.3 is 0 Å². The Morgan fingerprint density at radius 1 is 0.964 bits per heavy atom. The lowest BCUT2D eigenvalue weighted by Crippen LogP contribution is -2.24. The molecule has 136 valence electrons. The van der Waals surface area contributed by atoms with Crippen LogP contribution < -0.4 is 5.56 Å². The summed E-state index contributed by atoms with van der Waals surface area (Å²) in [6.07, 6.45) is 4.14. The molecule has 0 atom stereocenters. The summed E-state index contributed by atoms with van der Waals surface area (Å²) in [6, 6.07) is 17.2. The second kappa shape index (κ2) is 7.50. The van der Waals surface area contributed by atoms with Crippen molar-refractivity contribution >= 4 is 10.9 Å². The van der Waals surface area contributed by atoms with Gasteiger partial charge in [0.15, 0.2) is 0 Å². The molecule has 4 aromatic rings. The van der Waals surface area contributed by atoms with Gasteiger partial charge in [0.25, 0.3) is 5.56 Å². The molecule has 0 aliphatic heterocycles. The molecule has 0 amide bonds. The van der Waals surface area contributed by atoms with Gasteiger partial charge < -0.3 is 0 Å². The molecule has 0 bridgehead atoms. The van der Waals surface area contributed by atoms with Crippen molar-refractivity contribution in [2.24, 2.45) is 0 Å². The van der Waals surface area contributed by atoms with Crippen molar-refractivity contribution < 1.29 is 0 Å². The van der Waals surface area contributed by atoms with Crippen LogP contribution in [0, 0.1) is 18.8 Å². The number of hydrogen-bond acceptors (Lipinski definition) is 3. The summed E-state index contributed by atoms with van der Waals surface area (Å²) in [5, 5.41) is 0.539. The van der Waals surface area contributed by atoms with Gasteiger partial charge in [-0.3, -0.25) is 14.3 Å². The molecule has 4 nitrogen and oxygen atoms in total. The van der Waals surface area contributed by atoms with Gasteiger partial charge in [0.2, 0.25) is 0 Å². The molecule has 2 heterocycles. The second-order valence-corrected chi connectivity index (χ2v) is 6.50. The molecule has 0 radical (unpaired) electrons. The quantitative estimate of drug-likeness (QED) is 0.504. The Morgan fingerprint density at radius 3 is 2.50 bits per heavy atom. The van der Waals surface area contributed by atoms with Crippen LogP contribution >= 0.6 is 0 Å². The maximum Gasteiger partial charge on any atom is 0.267 e. The van der Waals surface area contributed by atoms with Crippen LogP contribution in [0.2, 0.25) is 0 Å². The van der Waals surface area contributed by atoms with Gasteiger partial charge in [-0.05, 0) is 42.8 Å². The van der Waals surface area contributed by atoms with E-state index in [0.29, 0.717) is 22.9 Å². The topological polar surface area (TPSA) is 47.8 Å². The number of pyridine rings is 1. The van der Waals surface area contributed by atoms with Crippen LogP contribution in [-0.2, 0) is 6.42 Å². The summed E-state index contributed by atoms with van der Waals surface area (Å²) in [7, 11) is 0. The summed E-state index contributed by atoms with van der Waals surface area (Å²) in [5.41, 5.74) is 3.96. The first-order valence-electron chi connectivity index (χ1n) is 9.21. The Balaban J connectivity index is 1.98. The van der Waals surface area contributed by atoms with E-state index in [1.807, 2.05) is 68.4 Å². The lowest BCUT2D eigenvalue weighted by Gasteiger charge is -2.13. The molecule has 28 heavy (non-hydrogen) atoms. The molecule has 0 N–H and O–H groups in total. The average Bonchev–Trinajstić information content (AvgIpc) is 2.73. The van der Waals surface area contributed by atoms with E-state index in [2.05, 4.69) is 16.8 Å². The monoisotopic (exact) mass is 365 g/mol. The maximum atomic E-state index is 13.5. The van der Waals surface area contributed by atoms with E-state index in [0.717, 1.165) is 22.6 Å². The predicted molar refractivity (Wildman–Crippen MR) is 112 cm³/mol. The van der Waals surface area contributed by atoms with Gasteiger partial charge in [0.05, 0.1) is 16.6 Å². The van der Waals surface area contributed by atoms with Gasteiger partial charge in [0.1, 0.15) is 5.82 Å². The molecular formula is C24H19N3O. The van der Waals surface area contributed by atoms with Crippen LogP contribution in [0.25, 0.3) is 16.6 Å². The number of hydrogen-bond donors (Lipinski definition) is 0. The third-order valence-corrected chi connectivity index (χ3v) is 4.67. The molecule has 2 aromatic heterocycles. The fourth-order valence-corrected chi connectivity index (χ4v) is 3.19. The Morgan fingerprint density at radius 2 is 1.75 bits per heavy atom. The van der Waals surface area contributed by atoms with Crippen molar-refractivity contribution in [1.82, 2.24) is 14.5 Å². The van der Waals surface area contributed by atoms with E-state index in [9.17, 15) is 4.79 Å². The number of fused-ring (bicyclic) bond motifs is 1. The number of nitrogens with zero attached hydrogens (tertiary/aromatic N) is 3. The number of benzene rings is 2. The molecule has 0 saturated heterocycles. The SMILES string of the molecule is CCc1nc2cccc(C#Cc3cnccc3C)c2c(=O)n1-c1ccccc1. The Hall–Kier alpha value is -3.71. The van der Waals surface area contributed by atoms with Crippen LogP contribution in [0.15, 0.2) is 71.8 Å². The summed E-state index contributed by atoms with van der Waals surface area (Å²) >= 11 is 0. The highest BCUT2D eigenvalue weighted by molar-refractivity contribution is 5.84. The van der Waals surface area contributed by atoms with Gasteiger partial charge in [-0.15, -0.1) is 0 Å². The zero-order valence-corrected chi connectivity index (χ0v) is 15.8. The van der Waals surface area contributed by atoms with Crippen molar-refractivity contribution in [2.75, 3.05) is 0 Å². The normalized spacial score (nSPS) is 10.5. The van der Waals surface area contributed by atoms with Crippen LogP contribution in [0.1, 0.15) is 29.4 Å². The van der Waals surface area contributed by atoms with Crippen LogP contribution in [0.3, 0.4) is 0 Å². The lowest BCUT2D eigenvalue weighted by atomic mass is 10.1. The minimum atomic E-state index is -0.0964. The number of aryl methyl sites for hydroxylation is 2. The van der Waals surface area contributed by atoms with Crippen molar-refractivity contribution in [1.29, 1.82) is 0 Å². The van der Waals surface area contributed by atoms with Crippen LogP contribution in [0.5, 0.6) is 0 Å². The Bertz CT molecular complexity index is 1280. The van der Waals surface area contributed by atoms with Crippen molar-refractivity contribution in [3.63, 3.8) is 0 Å². The van der Waals surface area contributed by atoms with E-state index < -0.39 is 0 Å². The highest BCUT2D eigenvalue weighted by Crippen LogP contribution is 2.17. The van der Waals surface area contributed by atoms with Crippen LogP contribution in [-0.4, -0.2) is 14.5 Å². The fourth-order valence-electron chi connectivity index (χ4n) is 3.19. The molecule has 2 aromatic carbocycles. The average molecular weight is 365 g/mol. The van der Waals surface area contributed by atoms with Crippen molar-refractivity contribution in [3.05, 3.63) is 99.9 Å². The summed E-state index contributed by atoms with van der Waals surface area (Å²) in [4.78, 5) is 22.3. The third-order valence-electron chi connectivity index (χ3n) is 4.67. The molecule has 4 rings (SSSR count). The molecular weight excluding hydrogens is 346 g/mol. The van der Waals surface area contributed by atoms with E-state index in [-0.39, 0.29) is 5.56 Å². The van der Waals surface area contributed by atoms with Crippen LogP contribution in [0.4, 0.5) is 0 Å². The standard InChI is InChI=1S/C24H19N3O/c1-3-22-26-21-11-7-8-18(12-13-19-16-25-15-14-17(19)2)23(21)24(28)27(22)20-9-5-4-6-10-20/h4-11,14-16H,3H2,1-2H3. The van der Waals surface area contributed by atoms with Gasteiger partial charge in [-0.25, -0.2) is 4.98 Å². The van der Waals surface area contributed by atoms with E-state index >= 15 is 0 Å². The number of aromatic nitrogens is 3. The smallest absolute Gasteiger partial charge is 0.267 e. The Kier molecular flexibility index (Phi) is 4.74. The maximum absolute atomic E-state index is 13.5. The third kappa shape index (κ3) is 3.19. The molecule has 0 aliphatic rings. The van der Waals surface area contributed by atoms with Crippen molar-refractivity contribution in [3.8, 4) is 17.5 Å². The summed E-state index contributed by atoms with van der Waals surface area (Å²) < 4.78 is 1.68. The summed E-state index contributed by atoms with van der Waals surface area (Å²) in [5.74, 6) is 7.04. The molecule has 4 heteroatoms. The number of para-hydroxylation sites is 1. The van der Waals surface area contributed by atoms with E-state index in [4.69, 9.17) is 4.98 Å². The molecule has 0 unspecified atom stereocenters. The highest BCUT2D eigenvalue weighted by Gasteiger charge is 2.13. The molecule has 0 fully saturated rings. The first kappa shape index (κ1) is 17.7. The fraction of sp³-hybridized carbons (Fsp3) is 0.125. The minimum absolute atomic E-state index is 0.0964. The first-order valence-corrected chi connectivity index (χ1v) is 9.21. The Labute approximate surface area is 163 Å². The molecule has 0 spiro atoms. The summed E-state index contributed by atoms with van der Waals surface area (Å²) in [6.45, 7) is 3.99. The van der Waals surface area contributed by atoms with E-state index in [1.54, 1.807) is 17.0 Å². The zero-order chi connectivity index (χ0) is 19.5. The lowest BCUT2D eigenvalue weighted by molar-refractivity contribution is 0.833. The highest BCUT2D eigenvalue weighted by atomic mass is 16.1. The second-order valence-electron chi connectivity index (χ2n) is 6.50. The van der Waals surface area contributed by atoms with E-state index in [1.165, 1.54) is 0 Å². The van der Waals surface area contributed by atoms with Crippen molar-refractivity contribution in [2.45, 2.75) is 20.3 Å². The predicted octanol–water partition coefficient (Wildman–Crippen LogP) is 4.05. The van der Waals surface area contributed by atoms with Gasteiger partial charge in [-0.2, -0.15) is 0 Å².